The van der Waals surface area contributed by atoms with E-state index in [-0.39, 0.29) is 11.6 Å². The van der Waals surface area contributed by atoms with Crippen molar-refractivity contribution in [3.8, 4) is 0 Å². The van der Waals surface area contributed by atoms with Gasteiger partial charge in [0.25, 0.3) is 11.6 Å². The van der Waals surface area contributed by atoms with Crippen LogP contribution in [0.3, 0.4) is 0 Å². The van der Waals surface area contributed by atoms with E-state index in [1.165, 1.54) is 12.1 Å². The average molecular weight is 364 g/mol. The first-order valence-electron chi connectivity index (χ1n) is 8.58. The van der Waals surface area contributed by atoms with E-state index in [0.717, 1.165) is 22.2 Å². The molecule has 1 aromatic heterocycles. The fourth-order valence-electron chi connectivity index (χ4n) is 2.80. The molecule has 3 rings (SSSR count). The molecule has 0 aliphatic heterocycles. The molecule has 2 aromatic carbocycles. The third-order valence-electron chi connectivity index (χ3n) is 4.22. The fraction of sp³-hybridized carbons (Fsp3) is 0.200. The second-order valence-electron chi connectivity index (χ2n) is 6.30. The Morgan fingerprint density at radius 2 is 1.81 bits per heavy atom. The number of anilines is 1. The molecule has 0 bridgehead atoms. The van der Waals surface area contributed by atoms with Gasteiger partial charge < -0.3 is 10.6 Å². The number of benzene rings is 2. The van der Waals surface area contributed by atoms with Crippen molar-refractivity contribution < 1.29 is 9.72 Å². The Labute approximate surface area is 156 Å². The number of fused-ring (bicyclic) bond motifs is 1. The van der Waals surface area contributed by atoms with E-state index in [0.29, 0.717) is 24.3 Å². The van der Waals surface area contributed by atoms with Gasteiger partial charge in [-0.15, -0.1) is 0 Å². The van der Waals surface area contributed by atoms with Crippen LogP contribution in [0, 0.1) is 24.0 Å². The summed E-state index contributed by atoms with van der Waals surface area (Å²) in [5.41, 5.74) is 4.04. The van der Waals surface area contributed by atoms with E-state index >= 15 is 0 Å². The standard InChI is InChI=1S/C20H20N4O3/c1-13-3-8-19-15(11-13)12-18(14(2)23-19)20(25)22-10-9-21-16-4-6-17(7-5-16)24(26)27/h3-8,11-12,21H,9-10H2,1-2H3,(H,22,25). The normalized spacial score (nSPS) is 10.6. The summed E-state index contributed by atoms with van der Waals surface area (Å²) in [6.07, 6.45) is 0. The zero-order chi connectivity index (χ0) is 19.4. The molecule has 0 aliphatic carbocycles. The van der Waals surface area contributed by atoms with Crippen molar-refractivity contribution in [3.63, 3.8) is 0 Å². The molecule has 138 valence electrons. The molecular formula is C20H20N4O3. The van der Waals surface area contributed by atoms with Gasteiger partial charge in [-0.05, 0) is 44.2 Å². The highest BCUT2D eigenvalue weighted by Gasteiger charge is 2.11. The van der Waals surface area contributed by atoms with Crippen molar-refractivity contribution in [2.75, 3.05) is 18.4 Å². The first-order chi connectivity index (χ1) is 12.9. The Morgan fingerprint density at radius 3 is 2.52 bits per heavy atom. The number of hydrogen-bond donors (Lipinski definition) is 2. The number of non-ortho nitro benzene ring substituents is 1. The summed E-state index contributed by atoms with van der Waals surface area (Å²) in [5, 5.41) is 17.6. The molecule has 7 nitrogen and oxygen atoms in total. The third kappa shape index (κ3) is 4.38. The van der Waals surface area contributed by atoms with Crippen LogP contribution in [0.4, 0.5) is 11.4 Å². The van der Waals surface area contributed by atoms with E-state index < -0.39 is 4.92 Å². The average Bonchev–Trinajstić information content (AvgIpc) is 2.65. The molecule has 1 amide bonds. The Morgan fingerprint density at radius 1 is 1.07 bits per heavy atom. The number of pyridine rings is 1. The van der Waals surface area contributed by atoms with Crippen LogP contribution < -0.4 is 10.6 Å². The number of nitro groups is 1. The first kappa shape index (κ1) is 18.3. The zero-order valence-electron chi connectivity index (χ0n) is 15.2. The van der Waals surface area contributed by atoms with Crippen LogP contribution in [0.5, 0.6) is 0 Å². The zero-order valence-corrected chi connectivity index (χ0v) is 15.2. The molecule has 0 aliphatic rings. The molecule has 1 heterocycles. The van der Waals surface area contributed by atoms with Crippen LogP contribution in [0.1, 0.15) is 21.6 Å². The van der Waals surface area contributed by atoms with Gasteiger partial charge in [-0.2, -0.15) is 0 Å². The highest BCUT2D eigenvalue weighted by molar-refractivity contribution is 5.98. The maximum Gasteiger partial charge on any atom is 0.269 e. The lowest BCUT2D eigenvalue weighted by atomic mass is 10.1. The molecule has 0 atom stereocenters. The Kier molecular flexibility index (Phi) is 5.30. The van der Waals surface area contributed by atoms with Crippen LogP contribution >= 0.6 is 0 Å². The highest BCUT2D eigenvalue weighted by Crippen LogP contribution is 2.18. The number of aryl methyl sites for hydroxylation is 2. The van der Waals surface area contributed by atoms with Gasteiger partial charge in [-0.25, -0.2) is 0 Å². The summed E-state index contributed by atoms with van der Waals surface area (Å²) < 4.78 is 0. The van der Waals surface area contributed by atoms with Gasteiger partial charge in [0.05, 0.1) is 21.7 Å². The maximum atomic E-state index is 12.5. The SMILES string of the molecule is Cc1ccc2nc(C)c(C(=O)NCCNc3ccc([N+](=O)[O-])cc3)cc2c1. The summed E-state index contributed by atoms with van der Waals surface area (Å²) in [5.74, 6) is -0.172. The lowest BCUT2D eigenvalue weighted by molar-refractivity contribution is -0.384. The monoisotopic (exact) mass is 364 g/mol. The van der Waals surface area contributed by atoms with E-state index in [4.69, 9.17) is 0 Å². The number of rotatable bonds is 6. The molecular weight excluding hydrogens is 344 g/mol. The Hall–Kier alpha value is -3.48. The minimum atomic E-state index is -0.439. The molecule has 27 heavy (non-hydrogen) atoms. The smallest absolute Gasteiger partial charge is 0.269 e. The number of aromatic nitrogens is 1. The number of hydrogen-bond acceptors (Lipinski definition) is 5. The topological polar surface area (TPSA) is 97.2 Å². The van der Waals surface area contributed by atoms with Crippen LogP contribution in [-0.2, 0) is 0 Å². The van der Waals surface area contributed by atoms with Crippen molar-refractivity contribution in [2.45, 2.75) is 13.8 Å². The molecule has 0 unspecified atom stereocenters. The second kappa shape index (κ2) is 7.82. The van der Waals surface area contributed by atoms with Gasteiger partial charge in [0.15, 0.2) is 0 Å². The lowest BCUT2D eigenvalue weighted by Gasteiger charge is -2.10. The van der Waals surface area contributed by atoms with E-state index in [2.05, 4.69) is 15.6 Å². The Balaban J connectivity index is 1.58. The van der Waals surface area contributed by atoms with Crippen LogP contribution in [0.15, 0.2) is 48.5 Å². The number of carbonyl (C=O) groups excluding carboxylic acids is 1. The van der Waals surface area contributed by atoms with Crippen molar-refractivity contribution in [2.24, 2.45) is 0 Å². The van der Waals surface area contributed by atoms with Gasteiger partial charge in [-0.1, -0.05) is 11.6 Å². The Bertz CT molecular complexity index is 1000. The van der Waals surface area contributed by atoms with E-state index in [1.54, 1.807) is 12.1 Å². The highest BCUT2D eigenvalue weighted by atomic mass is 16.6. The molecule has 3 aromatic rings. The van der Waals surface area contributed by atoms with Crippen LogP contribution in [-0.4, -0.2) is 28.9 Å². The van der Waals surface area contributed by atoms with Crippen molar-refractivity contribution in [1.29, 1.82) is 0 Å². The van der Waals surface area contributed by atoms with E-state index in [1.807, 2.05) is 38.1 Å². The molecule has 2 N–H and O–H groups in total. The van der Waals surface area contributed by atoms with Crippen molar-refractivity contribution in [3.05, 3.63) is 75.5 Å². The predicted molar refractivity (Wildman–Crippen MR) is 105 cm³/mol. The lowest BCUT2D eigenvalue weighted by Crippen LogP contribution is -2.29. The van der Waals surface area contributed by atoms with Crippen molar-refractivity contribution >= 4 is 28.2 Å². The predicted octanol–water partition coefficient (Wildman–Crippen LogP) is 3.60. The number of nitro benzene ring substituents is 1. The maximum absolute atomic E-state index is 12.5. The van der Waals surface area contributed by atoms with Crippen LogP contribution in [0.25, 0.3) is 10.9 Å². The van der Waals surface area contributed by atoms with Gasteiger partial charge >= 0.3 is 0 Å². The minimum absolute atomic E-state index is 0.0448. The summed E-state index contributed by atoms with van der Waals surface area (Å²) in [6, 6.07) is 14.0. The number of nitrogens with zero attached hydrogens (tertiary/aromatic N) is 2. The molecule has 0 saturated heterocycles. The first-order valence-corrected chi connectivity index (χ1v) is 8.58. The van der Waals surface area contributed by atoms with Gasteiger partial charge in [0.1, 0.15) is 0 Å². The van der Waals surface area contributed by atoms with Crippen molar-refractivity contribution in [1.82, 2.24) is 10.3 Å². The number of nitrogens with one attached hydrogen (secondary N) is 2. The fourth-order valence-corrected chi connectivity index (χ4v) is 2.80. The van der Waals surface area contributed by atoms with Gasteiger partial charge in [0, 0.05) is 36.3 Å². The number of carbonyl (C=O) groups is 1. The summed E-state index contributed by atoms with van der Waals surface area (Å²) in [7, 11) is 0. The molecule has 0 radical (unpaired) electrons. The summed E-state index contributed by atoms with van der Waals surface area (Å²) in [6.45, 7) is 4.75. The summed E-state index contributed by atoms with van der Waals surface area (Å²) >= 11 is 0. The molecule has 0 spiro atoms. The quantitative estimate of drug-likeness (QED) is 0.396. The number of amides is 1. The second-order valence-corrected chi connectivity index (χ2v) is 6.30. The molecule has 7 heteroatoms. The van der Waals surface area contributed by atoms with Gasteiger partial charge in [-0.3, -0.25) is 19.9 Å². The third-order valence-corrected chi connectivity index (χ3v) is 4.22. The van der Waals surface area contributed by atoms with Crippen LogP contribution in [0.2, 0.25) is 0 Å². The van der Waals surface area contributed by atoms with Gasteiger partial charge in [0.2, 0.25) is 0 Å². The largest absolute Gasteiger partial charge is 0.383 e. The molecule has 0 saturated carbocycles. The van der Waals surface area contributed by atoms with E-state index in [9.17, 15) is 14.9 Å². The molecule has 0 fully saturated rings. The minimum Gasteiger partial charge on any atom is -0.383 e. The summed E-state index contributed by atoms with van der Waals surface area (Å²) in [4.78, 5) is 27.2.